The van der Waals surface area contributed by atoms with Crippen LogP contribution in [0.25, 0.3) is 0 Å². The number of aromatic nitrogens is 1. The Balaban J connectivity index is 1.96. The van der Waals surface area contributed by atoms with Crippen LogP contribution in [0.15, 0.2) is 18.3 Å². The quantitative estimate of drug-likeness (QED) is 0.807. The lowest BCUT2D eigenvalue weighted by Gasteiger charge is -2.23. The van der Waals surface area contributed by atoms with Crippen molar-refractivity contribution in [2.75, 3.05) is 16.8 Å². The summed E-state index contributed by atoms with van der Waals surface area (Å²) in [6.07, 6.45) is 4.33. The highest BCUT2D eigenvalue weighted by Crippen LogP contribution is 2.20. The van der Waals surface area contributed by atoms with Crippen molar-refractivity contribution in [2.45, 2.75) is 18.9 Å². The van der Waals surface area contributed by atoms with E-state index in [0.717, 1.165) is 5.69 Å². The number of hydrogen-bond acceptors (Lipinski definition) is 4. The second-order valence-electron chi connectivity index (χ2n) is 3.85. The molecule has 1 aromatic rings. The molecule has 1 atom stereocenters. The van der Waals surface area contributed by atoms with E-state index in [4.69, 9.17) is 18.0 Å². The van der Waals surface area contributed by atoms with Crippen molar-refractivity contribution < 1.29 is 0 Å². The molecule has 2 rings (SSSR count). The molecule has 1 unspecified atom stereocenters. The summed E-state index contributed by atoms with van der Waals surface area (Å²) < 4.78 is 0. The number of hydrogen-bond donors (Lipinski definition) is 2. The van der Waals surface area contributed by atoms with Gasteiger partial charge >= 0.3 is 0 Å². The number of anilines is 1. The standard InChI is InChI=1S/C11H15N3S2/c12-11(15)10-4-3-8(6-13-10)14-9-2-1-5-16-7-9/h3-4,6,9,14H,1-2,5,7H2,(H2,12,15). The van der Waals surface area contributed by atoms with Crippen LogP contribution in [-0.4, -0.2) is 27.5 Å². The molecule has 0 aliphatic carbocycles. The second-order valence-corrected chi connectivity index (χ2v) is 5.44. The van der Waals surface area contributed by atoms with Gasteiger partial charge in [-0.25, -0.2) is 0 Å². The average molecular weight is 253 g/mol. The fourth-order valence-corrected chi connectivity index (χ4v) is 2.91. The number of pyridine rings is 1. The molecule has 5 heteroatoms. The van der Waals surface area contributed by atoms with Crippen LogP contribution < -0.4 is 11.1 Å². The molecule has 3 nitrogen and oxygen atoms in total. The summed E-state index contributed by atoms with van der Waals surface area (Å²) in [5.41, 5.74) is 7.22. The largest absolute Gasteiger partial charge is 0.388 e. The van der Waals surface area contributed by atoms with Crippen molar-refractivity contribution in [3.63, 3.8) is 0 Å². The molecule has 1 aliphatic rings. The molecule has 0 aromatic carbocycles. The molecule has 86 valence electrons. The molecule has 0 spiro atoms. The summed E-state index contributed by atoms with van der Waals surface area (Å²) in [5, 5.41) is 3.48. The number of nitrogens with two attached hydrogens (primary N) is 1. The van der Waals surface area contributed by atoms with E-state index in [1.807, 2.05) is 23.9 Å². The van der Waals surface area contributed by atoms with Crippen LogP contribution in [0.4, 0.5) is 5.69 Å². The molecule has 1 aromatic heterocycles. The number of nitrogens with zero attached hydrogens (tertiary/aromatic N) is 1. The van der Waals surface area contributed by atoms with Crippen molar-refractivity contribution in [1.82, 2.24) is 4.98 Å². The van der Waals surface area contributed by atoms with Crippen LogP contribution in [0.2, 0.25) is 0 Å². The van der Waals surface area contributed by atoms with Crippen LogP contribution in [0.1, 0.15) is 18.5 Å². The second kappa shape index (κ2) is 5.50. The highest BCUT2D eigenvalue weighted by Gasteiger charge is 2.13. The van der Waals surface area contributed by atoms with Gasteiger partial charge in [-0.2, -0.15) is 11.8 Å². The fourth-order valence-electron chi connectivity index (χ4n) is 1.72. The van der Waals surface area contributed by atoms with Gasteiger partial charge in [0.1, 0.15) is 4.99 Å². The number of rotatable bonds is 3. The van der Waals surface area contributed by atoms with Gasteiger partial charge < -0.3 is 11.1 Å². The fraction of sp³-hybridized carbons (Fsp3) is 0.455. The van der Waals surface area contributed by atoms with Crippen molar-refractivity contribution in [3.05, 3.63) is 24.0 Å². The zero-order chi connectivity index (χ0) is 11.4. The van der Waals surface area contributed by atoms with E-state index < -0.39 is 0 Å². The van der Waals surface area contributed by atoms with Gasteiger partial charge in [0.05, 0.1) is 17.6 Å². The predicted molar refractivity (Wildman–Crippen MR) is 74.1 cm³/mol. The molecule has 0 amide bonds. The van der Waals surface area contributed by atoms with Crippen LogP contribution in [0.5, 0.6) is 0 Å². The molecule has 0 saturated carbocycles. The van der Waals surface area contributed by atoms with Crippen molar-refractivity contribution >= 4 is 34.7 Å². The third kappa shape index (κ3) is 3.09. The monoisotopic (exact) mass is 253 g/mol. The molecular formula is C11H15N3S2. The molecular weight excluding hydrogens is 238 g/mol. The van der Waals surface area contributed by atoms with Crippen LogP contribution >= 0.6 is 24.0 Å². The van der Waals surface area contributed by atoms with Gasteiger partial charge in [-0.3, -0.25) is 4.98 Å². The lowest BCUT2D eigenvalue weighted by Crippen LogP contribution is -2.25. The summed E-state index contributed by atoms with van der Waals surface area (Å²) in [7, 11) is 0. The van der Waals surface area contributed by atoms with Gasteiger partial charge in [0, 0.05) is 11.8 Å². The predicted octanol–water partition coefficient (Wildman–Crippen LogP) is 2.02. The van der Waals surface area contributed by atoms with Gasteiger partial charge in [0.2, 0.25) is 0 Å². The minimum Gasteiger partial charge on any atom is -0.388 e. The first-order valence-corrected chi connectivity index (χ1v) is 6.92. The first-order valence-electron chi connectivity index (χ1n) is 5.36. The third-order valence-electron chi connectivity index (χ3n) is 2.55. The topological polar surface area (TPSA) is 50.9 Å². The Kier molecular flexibility index (Phi) is 4.01. The van der Waals surface area contributed by atoms with E-state index in [2.05, 4.69) is 10.3 Å². The number of thiocarbonyl (C=S) groups is 1. The maximum atomic E-state index is 5.49. The van der Waals surface area contributed by atoms with Gasteiger partial charge in [-0.15, -0.1) is 0 Å². The van der Waals surface area contributed by atoms with E-state index >= 15 is 0 Å². The molecule has 0 radical (unpaired) electrons. The van der Waals surface area contributed by atoms with E-state index in [1.54, 1.807) is 6.20 Å². The summed E-state index contributed by atoms with van der Waals surface area (Å²) in [6, 6.07) is 4.41. The molecule has 16 heavy (non-hydrogen) atoms. The smallest absolute Gasteiger partial charge is 0.122 e. The van der Waals surface area contributed by atoms with Crippen LogP contribution in [0.3, 0.4) is 0 Å². The Hall–Kier alpha value is -0.810. The van der Waals surface area contributed by atoms with Crippen molar-refractivity contribution in [2.24, 2.45) is 5.73 Å². The third-order valence-corrected chi connectivity index (χ3v) is 3.97. The maximum Gasteiger partial charge on any atom is 0.122 e. The van der Waals surface area contributed by atoms with Gasteiger partial charge in [-0.1, -0.05) is 12.2 Å². The summed E-state index contributed by atoms with van der Waals surface area (Å²) in [4.78, 5) is 4.56. The zero-order valence-electron chi connectivity index (χ0n) is 8.98. The van der Waals surface area contributed by atoms with E-state index in [0.29, 0.717) is 16.7 Å². The Morgan fingerprint density at radius 3 is 3.00 bits per heavy atom. The minimum absolute atomic E-state index is 0.347. The summed E-state index contributed by atoms with van der Waals surface area (Å²) >= 11 is 6.86. The van der Waals surface area contributed by atoms with E-state index in [-0.39, 0.29) is 0 Å². The van der Waals surface area contributed by atoms with Crippen LogP contribution in [-0.2, 0) is 0 Å². The lowest BCUT2D eigenvalue weighted by molar-refractivity contribution is 0.685. The Morgan fingerprint density at radius 2 is 2.44 bits per heavy atom. The number of thioether (sulfide) groups is 1. The first kappa shape index (κ1) is 11.7. The minimum atomic E-state index is 0.347. The zero-order valence-corrected chi connectivity index (χ0v) is 10.6. The Bertz CT molecular complexity index is 358. The molecule has 3 N–H and O–H groups in total. The number of nitrogens with one attached hydrogen (secondary N) is 1. The van der Waals surface area contributed by atoms with Gasteiger partial charge in [-0.05, 0) is 30.7 Å². The molecule has 1 fully saturated rings. The SMILES string of the molecule is NC(=S)c1ccc(NC2CCCSC2)cn1. The first-order chi connectivity index (χ1) is 7.75. The molecule has 0 bridgehead atoms. The van der Waals surface area contributed by atoms with E-state index in [1.165, 1.54) is 24.3 Å². The summed E-state index contributed by atoms with van der Waals surface area (Å²) in [6.45, 7) is 0. The van der Waals surface area contributed by atoms with Crippen molar-refractivity contribution in [1.29, 1.82) is 0 Å². The molecule has 2 heterocycles. The highest BCUT2D eigenvalue weighted by atomic mass is 32.2. The molecule has 1 saturated heterocycles. The normalized spacial score (nSPS) is 20.4. The summed E-state index contributed by atoms with van der Waals surface area (Å²) in [5.74, 6) is 2.47. The highest BCUT2D eigenvalue weighted by molar-refractivity contribution is 7.99. The van der Waals surface area contributed by atoms with Crippen molar-refractivity contribution in [3.8, 4) is 0 Å². The Labute approximate surface area is 105 Å². The Morgan fingerprint density at radius 1 is 1.56 bits per heavy atom. The maximum absolute atomic E-state index is 5.49. The van der Waals surface area contributed by atoms with Gasteiger partial charge in [0.15, 0.2) is 0 Å². The average Bonchev–Trinajstić information content (AvgIpc) is 2.31. The van der Waals surface area contributed by atoms with Gasteiger partial charge in [0.25, 0.3) is 0 Å². The molecule has 1 aliphatic heterocycles. The van der Waals surface area contributed by atoms with Crippen LogP contribution in [0, 0.1) is 0 Å². The van der Waals surface area contributed by atoms with E-state index in [9.17, 15) is 0 Å². The lowest BCUT2D eigenvalue weighted by atomic mass is 10.2.